The number of aryl methyl sites for hydroxylation is 2. The zero-order valence-electron chi connectivity index (χ0n) is 12.8. The van der Waals surface area contributed by atoms with Crippen molar-refractivity contribution in [2.24, 2.45) is 0 Å². The number of amides is 1. The van der Waals surface area contributed by atoms with Crippen LogP contribution in [0, 0.1) is 6.92 Å². The van der Waals surface area contributed by atoms with Crippen molar-refractivity contribution in [3.8, 4) is 0 Å². The monoisotopic (exact) mass is 326 g/mol. The van der Waals surface area contributed by atoms with Crippen LogP contribution in [0.1, 0.15) is 28.7 Å². The minimum atomic E-state index is -0.130. The lowest BCUT2D eigenvalue weighted by Gasteiger charge is -2.18. The highest BCUT2D eigenvalue weighted by Crippen LogP contribution is 2.25. The van der Waals surface area contributed by atoms with Crippen molar-refractivity contribution >= 4 is 17.2 Å². The first-order valence-corrected chi connectivity index (χ1v) is 8.32. The van der Waals surface area contributed by atoms with Crippen molar-refractivity contribution in [3.05, 3.63) is 70.7 Å². The Hall–Kier alpha value is -2.47. The van der Waals surface area contributed by atoms with Gasteiger partial charge in [0.1, 0.15) is 5.82 Å². The second kappa shape index (κ2) is 7.19. The summed E-state index contributed by atoms with van der Waals surface area (Å²) in [6, 6.07) is 7.77. The van der Waals surface area contributed by atoms with Gasteiger partial charge in [-0.3, -0.25) is 9.78 Å². The molecule has 0 saturated heterocycles. The van der Waals surface area contributed by atoms with Crippen LogP contribution in [0.5, 0.6) is 0 Å². The molecule has 118 valence electrons. The molecule has 0 aliphatic rings. The molecular formula is C17H18N4OS. The Labute approximate surface area is 139 Å². The number of hydrogen-bond acceptors (Lipinski definition) is 4. The maximum absolute atomic E-state index is 12.4. The first-order chi connectivity index (χ1) is 11.2. The summed E-state index contributed by atoms with van der Waals surface area (Å²) in [5, 5.41) is 5.15. The van der Waals surface area contributed by atoms with Gasteiger partial charge in [-0.15, -0.1) is 11.3 Å². The van der Waals surface area contributed by atoms with Gasteiger partial charge in [0.05, 0.1) is 6.04 Å². The molecule has 3 aromatic heterocycles. The summed E-state index contributed by atoms with van der Waals surface area (Å²) >= 11 is 1.64. The molecule has 0 aliphatic carbocycles. The number of aromatic nitrogens is 3. The van der Waals surface area contributed by atoms with Crippen LogP contribution in [-0.4, -0.2) is 20.4 Å². The van der Waals surface area contributed by atoms with E-state index in [2.05, 4.69) is 15.3 Å². The summed E-state index contributed by atoms with van der Waals surface area (Å²) < 4.78 is 1.98. The summed E-state index contributed by atoms with van der Waals surface area (Å²) in [7, 11) is 0. The molecule has 0 spiro atoms. The van der Waals surface area contributed by atoms with Crippen LogP contribution < -0.4 is 5.32 Å². The lowest BCUT2D eigenvalue weighted by molar-refractivity contribution is -0.121. The van der Waals surface area contributed by atoms with Gasteiger partial charge in [0.25, 0.3) is 0 Å². The average Bonchev–Trinajstić information content (AvgIpc) is 3.23. The van der Waals surface area contributed by atoms with E-state index in [1.807, 2.05) is 47.3 Å². The molecule has 3 rings (SSSR count). The molecule has 0 radical (unpaired) electrons. The molecule has 0 saturated carbocycles. The smallest absolute Gasteiger partial charge is 0.222 e. The Morgan fingerprint density at radius 2 is 2.13 bits per heavy atom. The third-order valence-corrected chi connectivity index (χ3v) is 4.61. The van der Waals surface area contributed by atoms with Crippen LogP contribution >= 0.6 is 11.3 Å². The third-order valence-electron chi connectivity index (χ3n) is 3.68. The molecule has 0 fully saturated rings. The third kappa shape index (κ3) is 3.84. The second-order valence-electron chi connectivity index (χ2n) is 5.21. The van der Waals surface area contributed by atoms with Gasteiger partial charge in [-0.2, -0.15) is 0 Å². The molecule has 1 unspecified atom stereocenters. The maximum atomic E-state index is 12.4. The molecule has 0 bridgehead atoms. The lowest BCUT2D eigenvalue weighted by Crippen LogP contribution is -2.29. The molecule has 23 heavy (non-hydrogen) atoms. The quantitative estimate of drug-likeness (QED) is 0.757. The van der Waals surface area contributed by atoms with Crippen molar-refractivity contribution < 1.29 is 4.79 Å². The van der Waals surface area contributed by atoms with Gasteiger partial charge >= 0.3 is 0 Å². The van der Waals surface area contributed by atoms with E-state index in [4.69, 9.17) is 0 Å². The van der Waals surface area contributed by atoms with Gasteiger partial charge in [-0.25, -0.2) is 4.98 Å². The summed E-state index contributed by atoms with van der Waals surface area (Å²) in [4.78, 5) is 21.7. The fraction of sp³-hybridized carbons (Fsp3) is 0.235. The number of rotatable bonds is 6. The van der Waals surface area contributed by atoms with E-state index in [1.54, 1.807) is 29.9 Å². The van der Waals surface area contributed by atoms with Gasteiger partial charge < -0.3 is 9.88 Å². The fourth-order valence-corrected chi connectivity index (χ4v) is 3.23. The molecule has 1 N–H and O–H groups in total. The highest BCUT2D eigenvalue weighted by molar-refractivity contribution is 7.10. The van der Waals surface area contributed by atoms with Gasteiger partial charge in [0.2, 0.25) is 5.91 Å². The molecule has 0 aromatic carbocycles. The van der Waals surface area contributed by atoms with Gasteiger partial charge in [0, 0.05) is 42.6 Å². The van der Waals surface area contributed by atoms with E-state index in [1.165, 1.54) is 0 Å². The molecular weight excluding hydrogens is 308 g/mol. The van der Waals surface area contributed by atoms with Crippen LogP contribution in [0.25, 0.3) is 0 Å². The molecule has 6 heteroatoms. The zero-order valence-corrected chi connectivity index (χ0v) is 13.7. The zero-order chi connectivity index (χ0) is 16.1. The minimum Gasteiger partial charge on any atom is -0.344 e. The number of thiophene rings is 1. The highest BCUT2D eigenvalue weighted by Gasteiger charge is 2.17. The Balaban J connectivity index is 1.69. The van der Waals surface area contributed by atoms with E-state index >= 15 is 0 Å². The minimum absolute atomic E-state index is 0.0216. The molecule has 3 aromatic rings. The molecule has 1 amide bonds. The van der Waals surface area contributed by atoms with Crippen LogP contribution in [0.2, 0.25) is 0 Å². The first kappa shape index (κ1) is 15.4. The number of imidazole rings is 1. The number of nitrogens with zero attached hydrogens (tertiary/aromatic N) is 3. The van der Waals surface area contributed by atoms with Crippen molar-refractivity contribution in [2.75, 3.05) is 0 Å². The van der Waals surface area contributed by atoms with Crippen LogP contribution in [0.4, 0.5) is 0 Å². The van der Waals surface area contributed by atoms with Crippen molar-refractivity contribution in [3.63, 3.8) is 0 Å². The standard InChI is InChI=1S/C17H18N4OS/c1-13-19-9-11-21(13)10-6-16(22)20-17(15-3-2-12-23-15)14-4-7-18-8-5-14/h2-5,7-9,11-12,17H,6,10H2,1H3,(H,20,22). The summed E-state index contributed by atoms with van der Waals surface area (Å²) in [6.45, 7) is 2.56. The number of pyridine rings is 1. The van der Waals surface area contributed by atoms with Crippen LogP contribution in [0.15, 0.2) is 54.4 Å². The summed E-state index contributed by atoms with van der Waals surface area (Å²) in [5.74, 6) is 0.940. The van der Waals surface area contributed by atoms with Crippen LogP contribution in [-0.2, 0) is 11.3 Å². The van der Waals surface area contributed by atoms with Crippen molar-refractivity contribution in [1.82, 2.24) is 19.9 Å². The summed E-state index contributed by atoms with van der Waals surface area (Å²) in [5.41, 5.74) is 1.04. The van der Waals surface area contributed by atoms with Crippen molar-refractivity contribution in [1.29, 1.82) is 0 Å². The number of hydrogen-bond donors (Lipinski definition) is 1. The topological polar surface area (TPSA) is 59.8 Å². The Bertz CT molecular complexity index is 752. The normalized spacial score (nSPS) is 12.0. The fourth-order valence-electron chi connectivity index (χ4n) is 2.43. The lowest BCUT2D eigenvalue weighted by atomic mass is 10.1. The van der Waals surface area contributed by atoms with Gasteiger partial charge in [0.15, 0.2) is 0 Å². The van der Waals surface area contributed by atoms with E-state index in [0.29, 0.717) is 13.0 Å². The Morgan fingerprint density at radius 3 is 2.78 bits per heavy atom. The summed E-state index contributed by atoms with van der Waals surface area (Å²) in [6.07, 6.45) is 7.55. The van der Waals surface area contributed by atoms with Gasteiger partial charge in [-0.1, -0.05) is 6.07 Å². The van der Waals surface area contributed by atoms with E-state index in [-0.39, 0.29) is 11.9 Å². The van der Waals surface area contributed by atoms with Crippen LogP contribution in [0.3, 0.4) is 0 Å². The largest absolute Gasteiger partial charge is 0.344 e. The molecule has 1 atom stereocenters. The Kier molecular flexibility index (Phi) is 4.83. The predicted molar refractivity (Wildman–Crippen MR) is 90.1 cm³/mol. The van der Waals surface area contributed by atoms with E-state index in [9.17, 15) is 4.79 Å². The highest BCUT2D eigenvalue weighted by atomic mass is 32.1. The first-order valence-electron chi connectivity index (χ1n) is 7.44. The SMILES string of the molecule is Cc1nccn1CCC(=O)NC(c1ccncc1)c1cccs1. The van der Waals surface area contributed by atoms with E-state index < -0.39 is 0 Å². The Morgan fingerprint density at radius 1 is 1.30 bits per heavy atom. The maximum Gasteiger partial charge on any atom is 0.222 e. The number of carbonyl (C=O) groups is 1. The molecule has 5 nitrogen and oxygen atoms in total. The molecule has 0 aliphatic heterocycles. The molecule has 3 heterocycles. The number of nitrogens with one attached hydrogen (secondary N) is 1. The predicted octanol–water partition coefficient (Wildman–Crippen LogP) is 2.94. The number of carbonyl (C=O) groups excluding carboxylic acids is 1. The second-order valence-corrected chi connectivity index (χ2v) is 6.19. The van der Waals surface area contributed by atoms with Gasteiger partial charge in [-0.05, 0) is 36.1 Å². The van der Waals surface area contributed by atoms with Crippen molar-refractivity contribution in [2.45, 2.75) is 25.9 Å². The average molecular weight is 326 g/mol. The van der Waals surface area contributed by atoms with E-state index in [0.717, 1.165) is 16.3 Å².